The van der Waals surface area contributed by atoms with E-state index in [9.17, 15) is 22.4 Å². The van der Waals surface area contributed by atoms with E-state index in [1.165, 1.54) is 31.1 Å². The molecule has 2 aromatic carbocycles. The molecule has 2 rings (SSSR count). The first kappa shape index (κ1) is 26.3. The summed E-state index contributed by atoms with van der Waals surface area (Å²) in [5, 5.41) is 2.78. The van der Waals surface area contributed by atoms with Crippen LogP contribution in [0.25, 0.3) is 0 Å². The SMILES string of the molecule is CCCNC(=O)C(C)N(Cc1ccccc1)C(=O)CN(c1ccc(F)cc1)S(=O)(=O)N(C)C. The van der Waals surface area contributed by atoms with Crippen LogP contribution < -0.4 is 9.62 Å². The van der Waals surface area contributed by atoms with E-state index >= 15 is 0 Å². The Morgan fingerprint density at radius 2 is 1.64 bits per heavy atom. The molecule has 0 aromatic heterocycles. The monoisotopic (exact) mass is 478 g/mol. The molecule has 10 heteroatoms. The molecule has 0 heterocycles. The molecular weight excluding hydrogens is 447 g/mol. The van der Waals surface area contributed by atoms with Gasteiger partial charge in [0.05, 0.1) is 5.69 Å². The second kappa shape index (κ2) is 11.8. The van der Waals surface area contributed by atoms with Crippen LogP contribution >= 0.6 is 0 Å². The highest BCUT2D eigenvalue weighted by Crippen LogP contribution is 2.21. The molecule has 0 aliphatic heterocycles. The lowest BCUT2D eigenvalue weighted by molar-refractivity contribution is -0.139. The van der Waals surface area contributed by atoms with Gasteiger partial charge in [-0.1, -0.05) is 37.3 Å². The maximum atomic E-state index is 13.4. The Morgan fingerprint density at radius 3 is 2.18 bits per heavy atom. The minimum atomic E-state index is -4.07. The van der Waals surface area contributed by atoms with Crippen molar-refractivity contribution >= 4 is 27.7 Å². The van der Waals surface area contributed by atoms with Gasteiger partial charge in [-0.25, -0.2) is 8.70 Å². The van der Waals surface area contributed by atoms with Crippen molar-refractivity contribution < 1.29 is 22.4 Å². The molecule has 0 aliphatic carbocycles. The van der Waals surface area contributed by atoms with Crippen molar-refractivity contribution in [2.24, 2.45) is 0 Å². The van der Waals surface area contributed by atoms with Crippen LogP contribution in [-0.4, -0.2) is 62.7 Å². The third-order valence-electron chi connectivity index (χ3n) is 5.05. The number of halogens is 1. The molecule has 1 N–H and O–H groups in total. The smallest absolute Gasteiger partial charge is 0.304 e. The van der Waals surface area contributed by atoms with Gasteiger partial charge in [0.2, 0.25) is 11.8 Å². The minimum absolute atomic E-state index is 0.125. The zero-order valence-electron chi connectivity index (χ0n) is 19.4. The lowest BCUT2D eigenvalue weighted by Gasteiger charge is -2.32. The van der Waals surface area contributed by atoms with Crippen LogP contribution in [-0.2, 0) is 26.3 Å². The number of rotatable bonds is 11. The molecule has 0 saturated heterocycles. The number of benzene rings is 2. The number of amides is 2. The Bertz CT molecular complexity index is 1030. The van der Waals surface area contributed by atoms with E-state index < -0.39 is 34.5 Å². The fourth-order valence-electron chi connectivity index (χ4n) is 3.08. The maximum absolute atomic E-state index is 13.4. The van der Waals surface area contributed by atoms with Crippen molar-refractivity contribution in [3.05, 3.63) is 66.0 Å². The number of hydrogen-bond donors (Lipinski definition) is 1. The summed E-state index contributed by atoms with van der Waals surface area (Å²) in [4.78, 5) is 27.4. The average Bonchev–Trinajstić information content (AvgIpc) is 2.80. The second-order valence-electron chi connectivity index (χ2n) is 7.75. The minimum Gasteiger partial charge on any atom is -0.354 e. The molecule has 1 unspecified atom stereocenters. The molecule has 0 fully saturated rings. The van der Waals surface area contributed by atoms with E-state index in [1.807, 2.05) is 37.3 Å². The quantitative estimate of drug-likeness (QED) is 0.537. The standard InChI is InChI=1S/C23H31FN4O4S/c1-5-15-25-23(30)18(2)27(16-19-9-7-6-8-10-19)22(29)17-28(33(31,32)26(3)4)21-13-11-20(24)12-14-21/h6-14,18H,5,15-17H2,1-4H3,(H,25,30). The van der Waals surface area contributed by atoms with Gasteiger partial charge in [-0.2, -0.15) is 12.7 Å². The molecule has 33 heavy (non-hydrogen) atoms. The van der Waals surface area contributed by atoms with Crippen molar-refractivity contribution in [2.45, 2.75) is 32.9 Å². The van der Waals surface area contributed by atoms with E-state index in [2.05, 4.69) is 5.32 Å². The molecule has 2 aromatic rings. The Hall–Kier alpha value is -2.98. The van der Waals surface area contributed by atoms with Crippen LogP contribution in [0.5, 0.6) is 0 Å². The first-order valence-electron chi connectivity index (χ1n) is 10.6. The van der Waals surface area contributed by atoms with Gasteiger partial charge in [0.15, 0.2) is 0 Å². The number of carbonyl (C=O) groups excluding carboxylic acids is 2. The van der Waals surface area contributed by atoms with Crippen LogP contribution in [0.15, 0.2) is 54.6 Å². The zero-order valence-corrected chi connectivity index (χ0v) is 20.2. The molecule has 0 spiro atoms. The summed E-state index contributed by atoms with van der Waals surface area (Å²) >= 11 is 0. The van der Waals surface area contributed by atoms with Gasteiger partial charge in [0.1, 0.15) is 18.4 Å². The fraction of sp³-hybridized carbons (Fsp3) is 0.391. The number of anilines is 1. The van der Waals surface area contributed by atoms with E-state index in [0.29, 0.717) is 6.54 Å². The Labute approximate surface area is 195 Å². The third-order valence-corrected chi connectivity index (χ3v) is 6.87. The second-order valence-corrected chi connectivity index (χ2v) is 9.81. The number of nitrogens with one attached hydrogen (secondary N) is 1. The molecule has 0 radical (unpaired) electrons. The summed E-state index contributed by atoms with van der Waals surface area (Å²) < 4.78 is 41.3. The molecule has 0 bridgehead atoms. The third kappa shape index (κ3) is 7.00. The predicted octanol–water partition coefficient (Wildman–Crippen LogP) is 2.38. The van der Waals surface area contributed by atoms with Crippen molar-refractivity contribution in [3.8, 4) is 0 Å². The maximum Gasteiger partial charge on any atom is 0.304 e. The van der Waals surface area contributed by atoms with Crippen LogP contribution in [0.1, 0.15) is 25.8 Å². The molecule has 8 nitrogen and oxygen atoms in total. The lowest BCUT2D eigenvalue weighted by Crippen LogP contribution is -2.52. The van der Waals surface area contributed by atoms with Crippen LogP contribution in [0.4, 0.5) is 10.1 Å². The highest BCUT2D eigenvalue weighted by Gasteiger charge is 2.32. The molecule has 0 aliphatic rings. The van der Waals surface area contributed by atoms with Gasteiger partial charge < -0.3 is 10.2 Å². The van der Waals surface area contributed by atoms with E-state index in [4.69, 9.17) is 0 Å². The summed E-state index contributed by atoms with van der Waals surface area (Å²) in [6.45, 7) is 3.57. The fourth-order valence-corrected chi connectivity index (χ4v) is 4.14. The van der Waals surface area contributed by atoms with E-state index in [-0.39, 0.29) is 18.1 Å². The topological polar surface area (TPSA) is 90.0 Å². The van der Waals surface area contributed by atoms with Crippen molar-refractivity contribution in [1.29, 1.82) is 0 Å². The van der Waals surface area contributed by atoms with Crippen molar-refractivity contribution in [3.63, 3.8) is 0 Å². The predicted molar refractivity (Wildman–Crippen MR) is 126 cm³/mol. The van der Waals surface area contributed by atoms with Gasteiger partial charge >= 0.3 is 10.2 Å². The largest absolute Gasteiger partial charge is 0.354 e. The van der Waals surface area contributed by atoms with Crippen LogP contribution in [0.2, 0.25) is 0 Å². The number of carbonyl (C=O) groups is 2. The summed E-state index contributed by atoms with van der Waals surface area (Å²) in [5.74, 6) is -1.42. The summed E-state index contributed by atoms with van der Waals surface area (Å²) in [5.41, 5.74) is 0.936. The number of hydrogen-bond acceptors (Lipinski definition) is 4. The first-order valence-corrected chi connectivity index (χ1v) is 12.0. The van der Waals surface area contributed by atoms with Crippen LogP contribution in [0.3, 0.4) is 0 Å². The van der Waals surface area contributed by atoms with E-state index in [0.717, 1.165) is 32.7 Å². The molecular formula is C23H31FN4O4S. The lowest BCUT2D eigenvalue weighted by atomic mass is 10.1. The van der Waals surface area contributed by atoms with Crippen molar-refractivity contribution in [1.82, 2.24) is 14.5 Å². The normalized spacial score (nSPS) is 12.3. The van der Waals surface area contributed by atoms with Gasteiger partial charge in [0.25, 0.3) is 0 Å². The molecule has 1 atom stereocenters. The van der Waals surface area contributed by atoms with Crippen molar-refractivity contribution in [2.75, 3.05) is 31.5 Å². The first-order chi connectivity index (χ1) is 15.6. The summed E-state index contributed by atoms with van der Waals surface area (Å²) in [7, 11) is -1.38. The summed E-state index contributed by atoms with van der Waals surface area (Å²) in [6.07, 6.45) is 0.741. The highest BCUT2D eigenvalue weighted by molar-refractivity contribution is 7.90. The highest BCUT2D eigenvalue weighted by atomic mass is 32.2. The Balaban J connectivity index is 2.40. The van der Waals surface area contributed by atoms with Gasteiger partial charge in [-0.15, -0.1) is 0 Å². The summed E-state index contributed by atoms with van der Waals surface area (Å²) in [6, 6.07) is 13.1. The average molecular weight is 479 g/mol. The van der Waals surface area contributed by atoms with Gasteiger partial charge in [-0.05, 0) is 43.2 Å². The Morgan fingerprint density at radius 1 is 1.03 bits per heavy atom. The number of nitrogens with zero attached hydrogens (tertiary/aromatic N) is 3. The van der Waals surface area contributed by atoms with Crippen LogP contribution in [0, 0.1) is 5.82 Å². The van der Waals surface area contributed by atoms with E-state index in [1.54, 1.807) is 6.92 Å². The van der Waals surface area contributed by atoms with Gasteiger partial charge in [0, 0.05) is 27.2 Å². The van der Waals surface area contributed by atoms with Gasteiger partial charge in [-0.3, -0.25) is 9.59 Å². The Kier molecular flexibility index (Phi) is 9.36. The molecule has 2 amide bonds. The molecule has 0 saturated carbocycles. The zero-order chi connectivity index (χ0) is 24.6. The molecule has 180 valence electrons.